The number of rotatable bonds is 4. The molecular formula is C21H31NO2. The molecule has 0 saturated carbocycles. The molecule has 2 fully saturated rings. The van der Waals surface area contributed by atoms with Gasteiger partial charge in [0.1, 0.15) is 0 Å². The van der Waals surface area contributed by atoms with Crippen LogP contribution in [0.15, 0.2) is 24.3 Å². The SMILES string of the molecule is CC(C)(C)c1ccc(C(=O)CCC2COC3(CCNCC3)C2)cc1. The molecular weight excluding hydrogens is 298 g/mol. The highest BCUT2D eigenvalue weighted by molar-refractivity contribution is 5.96. The first-order chi connectivity index (χ1) is 11.4. The van der Waals surface area contributed by atoms with Crippen LogP contribution >= 0.6 is 0 Å². The summed E-state index contributed by atoms with van der Waals surface area (Å²) in [6.45, 7) is 9.54. The van der Waals surface area contributed by atoms with Crippen molar-refractivity contribution in [3.05, 3.63) is 35.4 Å². The Balaban J connectivity index is 1.51. The lowest BCUT2D eigenvalue weighted by Crippen LogP contribution is -2.41. The molecule has 3 heteroatoms. The van der Waals surface area contributed by atoms with Crippen LogP contribution in [-0.2, 0) is 10.2 Å². The molecule has 3 rings (SSSR count). The first-order valence-corrected chi connectivity index (χ1v) is 9.36. The second-order valence-corrected chi connectivity index (χ2v) is 8.60. The van der Waals surface area contributed by atoms with E-state index in [1.54, 1.807) is 0 Å². The molecule has 1 unspecified atom stereocenters. The summed E-state index contributed by atoms with van der Waals surface area (Å²) >= 11 is 0. The summed E-state index contributed by atoms with van der Waals surface area (Å²) < 4.78 is 6.13. The van der Waals surface area contributed by atoms with Gasteiger partial charge in [0, 0.05) is 12.0 Å². The quantitative estimate of drug-likeness (QED) is 0.845. The van der Waals surface area contributed by atoms with Crippen LogP contribution in [0.2, 0.25) is 0 Å². The van der Waals surface area contributed by atoms with Gasteiger partial charge in [-0.3, -0.25) is 4.79 Å². The lowest BCUT2D eigenvalue weighted by molar-refractivity contribution is -0.0197. The van der Waals surface area contributed by atoms with E-state index in [-0.39, 0.29) is 16.8 Å². The summed E-state index contributed by atoms with van der Waals surface area (Å²) in [6.07, 6.45) is 4.95. The van der Waals surface area contributed by atoms with Crippen molar-refractivity contribution in [1.82, 2.24) is 5.32 Å². The predicted octanol–water partition coefficient (Wildman–Crippen LogP) is 4.11. The summed E-state index contributed by atoms with van der Waals surface area (Å²) in [5.41, 5.74) is 2.36. The van der Waals surface area contributed by atoms with Gasteiger partial charge in [-0.1, -0.05) is 45.0 Å². The molecule has 2 aliphatic heterocycles. The third kappa shape index (κ3) is 4.07. The Kier molecular flexibility index (Phi) is 5.12. The van der Waals surface area contributed by atoms with E-state index >= 15 is 0 Å². The van der Waals surface area contributed by atoms with Crippen LogP contribution in [0.3, 0.4) is 0 Å². The van der Waals surface area contributed by atoms with Gasteiger partial charge < -0.3 is 10.1 Å². The van der Waals surface area contributed by atoms with Gasteiger partial charge in [0.2, 0.25) is 0 Å². The molecule has 1 aromatic carbocycles. The van der Waals surface area contributed by atoms with Gasteiger partial charge in [0.15, 0.2) is 5.78 Å². The zero-order valence-electron chi connectivity index (χ0n) is 15.4. The number of hydrogen-bond acceptors (Lipinski definition) is 3. The number of nitrogens with one attached hydrogen (secondary N) is 1. The Morgan fingerprint density at radius 1 is 1.21 bits per heavy atom. The third-order valence-electron chi connectivity index (χ3n) is 5.65. The number of carbonyl (C=O) groups is 1. The van der Waals surface area contributed by atoms with E-state index in [4.69, 9.17) is 4.74 Å². The van der Waals surface area contributed by atoms with Crippen molar-refractivity contribution in [2.75, 3.05) is 19.7 Å². The fraction of sp³-hybridized carbons (Fsp3) is 0.667. The van der Waals surface area contributed by atoms with Crippen LogP contribution < -0.4 is 5.32 Å². The minimum atomic E-state index is 0.104. The number of ether oxygens (including phenoxy) is 1. The van der Waals surface area contributed by atoms with Crippen molar-refractivity contribution >= 4 is 5.78 Å². The second-order valence-electron chi connectivity index (χ2n) is 8.60. The summed E-state index contributed by atoms with van der Waals surface area (Å²) in [5.74, 6) is 0.808. The van der Waals surface area contributed by atoms with E-state index in [9.17, 15) is 4.79 Å². The molecule has 3 nitrogen and oxygen atoms in total. The van der Waals surface area contributed by atoms with Crippen molar-refractivity contribution in [2.45, 2.75) is 63.9 Å². The summed E-state index contributed by atoms with van der Waals surface area (Å²) in [5, 5.41) is 3.40. The summed E-state index contributed by atoms with van der Waals surface area (Å²) in [6, 6.07) is 8.16. The molecule has 1 atom stereocenters. The van der Waals surface area contributed by atoms with Crippen molar-refractivity contribution in [3.8, 4) is 0 Å². The molecule has 0 radical (unpaired) electrons. The number of ketones is 1. The normalized spacial score (nSPS) is 23.5. The molecule has 0 aliphatic carbocycles. The molecule has 24 heavy (non-hydrogen) atoms. The van der Waals surface area contributed by atoms with E-state index in [2.05, 4.69) is 38.2 Å². The minimum absolute atomic E-state index is 0.104. The van der Waals surface area contributed by atoms with E-state index in [0.29, 0.717) is 12.3 Å². The molecule has 2 saturated heterocycles. The highest BCUT2D eigenvalue weighted by Crippen LogP contribution is 2.38. The standard InChI is InChI=1S/C21H31NO2/c1-20(2,3)18-7-5-17(6-8-18)19(23)9-4-16-14-21(24-15-16)10-12-22-13-11-21/h5-8,16,22H,4,9-15H2,1-3H3. The maximum absolute atomic E-state index is 12.5. The fourth-order valence-corrected chi connectivity index (χ4v) is 3.99. The average molecular weight is 329 g/mol. The van der Waals surface area contributed by atoms with Gasteiger partial charge in [-0.25, -0.2) is 0 Å². The smallest absolute Gasteiger partial charge is 0.162 e. The monoisotopic (exact) mass is 329 g/mol. The largest absolute Gasteiger partial charge is 0.375 e. The van der Waals surface area contributed by atoms with Crippen LogP contribution in [0.5, 0.6) is 0 Å². The first-order valence-electron chi connectivity index (χ1n) is 9.36. The minimum Gasteiger partial charge on any atom is -0.375 e. The van der Waals surface area contributed by atoms with Crippen molar-refractivity contribution < 1.29 is 9.53 Å². The Morgan fingerprint density at radius 3 is 2.50 bits per heavy atom. The summed E-state index contributed by atoms with van der Waals surface area (Å²) in [7, 11) is 0. The van der Waals surface area contributed by atoms with E-state index in [1.807, 2.05) is 12.1 Å². The van der Waals surface area contributed by atoms with Crippen LogP contribution in [0, 0.1) is 5.92 Å². The molecule has 1 N–H and O–H groups in total. The van der Waals surface area contributed by atoms with Crippen LogP contribution in [0.25, 0.3) is 0 Å². The van der Waals surface area contributed by atoms with Crippen LogP contribution in [0.1, 0.15) is 68.8 Å². The molecule has 132 valence electrons. The van der Waals surface area contributed by atoms with Gasteiger partial charge in [0.25, 0.3) is 0 Å². The predicted molar refractivity (Wildman–Crippen MR) is 97.6 cm³/mol. The molecule has 1 aromatic rings. The number of benzene rings is 1. The number of piperidine rings is 1. The maximum atomic E-state index is 12.5. The fourth-order valence-electron chi connectivity index (χ4n) is 3.99. The zero-order chi connectivity index (χ0) is 17.2. The zero-order valence-corrected chi connectivity index (χ0v) is 15.4. The lowest BCUT2D eigenvalue weighted by Gasteiger charge is -2.33. The topological polar surface area (TPSA) is 38.3 Å². The first kappa shape index (κ1) is 17.6. The van der Waals surface area contributed by atoms with Gasteiger partial charge >= 0.3 is 0 Å². The van der Waals surface area contributed by atoms with Gasteiger partial charge in [0.05, 0.1) is 12.2 Å². The Labute approximate surface area is 146 Å². The van der Waals surface area contributed by atoms with Crippen LogP contribution in [0.4, 0.5) is 0 Å². The lowest BCUT2D eigenvalue weighted by atomic mass is 9.84. The average Bonchev–Trinajstić information content (AvgIpc) is 2.95. The van der Waals surface area contributed by atoms with Gasteiger partial charge in [-0.05, 0) is 55.7 Å². The molecule has 1 spiro atoms. The van der Waals surface area contributed by atoms with E-state index < -0.39 is 0 Å². The van der Waals surface area contributed by atoms with Crippen LogP contribution in [-0.4, -0.2) is 31.1 Å². The second kappa shape index (κ2) is 6.97. The molecule has 0 amide bonds. The Hall–Kier alpha value is -1.19. The van der Waals surface area contributed by atoms with E-state index in [1.165, 1.54) is 5.56 Å². The van der Waals surface area contributed by atoms with Crippen molar-refractivity contribution in [1.29, 1.82) is 0 Å². The molecule has 2 aliphatic rings. The van der Waals surface area contributed by atoms with E-state index in [0.717, 1.165) is 50.9 Å². The third-order valence-corrected chi connectivity index (χ3v) is 5.65. The highest BCUT2D eigenvalue weighted by Gasteiger charge is 2.40. The Bertz CT molecular complexity index is 564. The van der Waals surface area contributed by atoms with Crippen molar-refractivity contribution in [3.63, 3.8) is 0 Å². The maximum Gasteiger partial charge on any atom is 0.162 e. The van der Waals surface area contributed by atoms with Crippen molar-refractivity contribution in [2.24, 2.45) is 5.92 Å². The molecule has 0 bridgehead atoms. The number of carbonyl (C=O) groups excluding carboxylic acids is 1. The molecule has 0 aromatic heterocycles. The number of hydrogen-bond donors (Lipinski definition) is 1. The van der Waals surface area contributed by atoms with Gasteiger partial charge in [-0.2, -0.15) is 0 Å². The summed E-state index contributed by atoms with van der Waals surface area (Å²) in [4.78, 5) is 12.5. The Morgan fingerprint density at radius 2 is 1.88 bits per heavy atom. The number of Topliss-reactive ketones (excluding diaryl/α,β-unsaturated/α-hetero) is 1. The molecule has 2 heterocycles. The van der Waals surface area contributed by atoms with Gasteiger partial charge in [-0.15, -0.1) is 0 Å². The highest BCUT2D eigenvalue weighted by atomic mass is 16.5.